The summed E-state index contributed by atoms with van der Waals surface area (Å²) in [4.78, 5) is 11.9. The lowest BCUT2D eigenvalue weighted by Crippen LogP contribution is -2.33. The van der Waals surface area contributed by atoms with Gasteiger partial charge in [0.25, 0.3) is 5.91 Å². The average molecular weight is 319 g/mol. The van der Waals surface area contributed by atoms with Crippen LogP contribution in [0.5, 0.6) is 5.75 Å². The van der Waals surface area contributed by atoms with E-state index in [1.54, 1.807) is 0 Å². The zero-order valence-corrected chi connectivity index (χ0v) is 15.4. The number of hydrogen-bond donors (Lipinski definition) is 1. The molecule has 0 spiro atoms. The number of hydrogen-bond acceptors (Lipinski definition) is 2. The first-order valence-electron chi connectivity index (χ1n) is 8.86. The summed E-state index contributed by atoms with van der Waals surface area (Å²) in [7, 11) is 0. The Morgan fingerprint density at radius 1 is 1.17 bits per heavy atom. The number of amides is 1. The van der Waals surface area contributed by atoms with Gasteiger partial charge in [-0.05, 0) is 35.4 Å². The predicted molar refractivity (Wildman–Crippen MR) is 97.0 cm³/mol. The third-order valence-corrected chi connectivity index (χ3v) is 4.22. The van der Waals surface area contributed by atoms with Crippen LogP contribution in [0.3, 0.4) is 0 Å². The van der Waals surface area contributed by atoms with Gasteiger partial charge in [-0.15, -0.1) is 0 Å². The first-order chi connectivity index (χ1) is 10.9. The van der Waals surface area contributed by atoms with Crippen molar-refractivity contribution in [3.8, 4) is 5.75 Å². The van der Waals surface area contributed by atoms with Crippen molar-refractivity contribution in [3.63, 3.8) is 0 Å². The zero-order valence-electron chi connectivity index (χ0n) is 15.4. The molecule has 1 N–H and O–H groups in total. The Balaban J connectivity index is 2.35. The molecule has 0 unspecified atom stereocenters. The first kappa shape index (κ1) is 19.5. The highest BCUT2D eigenvalue weighted by Gasteiger charge is 2.13. The topological polar surface area (TPSA) is 38.3 Å². The fraction of sp³-hybridized carbons (Fsp3) is 0.650. The predicted octanol–water partition coefficient (Wildman–Crippen LogP) is 4.70. The van der Waals surface area contributed by atoms with Crippen molar-refractivity contribution in [2.24, 2.45) is 5.92 Å². The van der Waals surface area contributed by atoms with E-state index < -0.39 is 0 Å². The number of benzene rings is 1. The van der Waals surface area contributed by atoms with Crippen LogP contribution in [-0.2, 0) is 10.2 Å². The number of carbonyl (C=O) groups excluding carboxylic acids is 1. The van der Waals surface area contributed by atoms with Crippen LogP contribution in [0.25, 0.3) is 0 Å². The summed E-state index contributed by atoms with van der Waals surface area (Å²) in [5.41, 5.74) is 1.39. The van der Waals surface area contributed by atoms with Crippen molar-refractivity contribution in [1.82, 2.24) is 5.32 Å². The van der Waals surface area contributed by atoms with Crippen LogP contribution < -0.4 is 10.1 Å². The molecule has 0 bridgehead atoms. The highest BCUT2D eigenvalue weighted by molar-refractivity contribution is 5.77. The second-order valence-corrected chi connectivity index (χ2v) is 7.28. The van der Waals surface area contributed by atoms with Crippen LogP contribution in [0.15, 0.2) is 24.3 Å². The van der Waals surface area contributed by atoms with E-state index in [0.717, 1.165) is 18.7 Å². The summed E-state index contributed by atoms with van der Waals surface area (Å²) in [6.07, 6.45) is 4.72. The molecule has 1 aromatic rings. The van der Waals surface area contributed by atoms with Gasteiger partial charge in [-0.25, -0.2) is 0 Å². The Hall–Kier alpha value is -1.51. The second kappa shape index (κ2) is 9.59. The summed E-state index contributed by atoms with van der Waals surface area (Å²) in [5, 5.41) is 2.98. The maximum atomic E-state index is 11.9. The molecule has 23 heavy (non-hydrogen) atoms. The van der Waals surface area contributed by atoms with Crippen LogP contribution in [0.1, 0.15) is 65.9 Å². The van der Waals surface area contributed by atoms with E-state index in [1.165, 1.54) is 24.8 Å². The number of carbonyl (C=O) groups is 1. The molecule has 0 saturated heterocycles. The molecule has 0 aromatic heterocycles. The van der Waals surface area contributed by atoms with E-state index in [9.17, 15) is 4.79 Å². The Kier molecular flexibility index (Phi) is 8.15. The summed E-state index contributed by atoms with van der Waals surface area (Å²) >= 11 is 0. The van der Waals surface area contributed by atoms with Gasteiger partial charge in [0.15, 0.2) is 6.61 Å². The number of nitrogens with one attached hydrogen (secondary N) is 1. The van der Waals surface area contributed by atoms with Crippen LogP contribution in [-0.4, -0.2) is 19.1 Å². The van der Waals surface area contributed by atoms with E-state index in [0.29, 0.717) is 5.92 Å². The summed E-state index contributed by atoms with van der Waals surface area (Å²) in [5.74, 6) is 1.27. The molecular formula is C20H33NO2. The van der Waals surface area contributed by atoms with Crippen LogP contribution in [0.2, 0.25) is 0 Å². The third kappa shape index (κ3) is 7.54. The Morgan fingerprint density at radius 3 is 2.35 bits per heavy atom. The maximum Gasteiger partial charge on any atom is 0.257 e. The Bertz CT molecular complexity index is 460. The lowest BCUT2D eigenvalue weighted by atomic mass is 9.87. The minimum atomic E-state index is -0.0418. The number of rotatable bonds is 9. The molecule has 1 atom stereocenters. The molecule has 3 heteroatoms. The maximum absolute atomic E-state index is 11.9. The molecule has 1 aromatic carbocycles. The van der Waals surface area contributed by atoms with Crippen molar-refractivity contribution in [2.75, 3.05) is 13.2 Å². The van der Waals surface area contributed by atoms with E-state index in [4.69, 9.17) is 4.74 Å². The van der Waals surface area contributed by atoms with E-state index in [2.05, 4.69) is 52.1 Å². The minimum absolute atomic E-state index is 0.0418. The van der Waals surface area contributed by atoms with Gasteiger partial charge in [0.2, 0.25) is 0 Å². The van der Waals surface area contributed by atoms with Gasteiger partial charge < -0.3 is 10.1 Å². The molecule has 1 rings (SSSR count). The smallest absolute Gasteiger partial charge is 0.257 e. The minimum Gasteiger partial charge on any atom is -0.484 e. The van der Waals surface area contributed by atoms with Gasteiger partial charge in [-0.1, -0.05) is 66.0 Å². The lowest BCUT2D eigenvalue weighted by Gasteiger charge is -2.19. The Morgan fingerprint density at radius 2 is 1.83 bits per heavy atom. The standard InChI is InChI=1S/C20H33NO2/c1-6-8-9-16(7-2)14-21-19(22)15-23-18-12-10-17(11-13-18)20(3,4)5/h10-13,16H,6-9,14-15H2,1-5H3,(H,21,22)/t16-/m0/s1. The molecule has 0 fully saturated rings. The summed E-state index contributed by atoms with van der Waals surface area (Å²) in [6, 6.07) is 7.99. The fourth-order valence-electron chi connectivity index (χ4n) is 2.45. The van der Waals surface area contributed by atoms with Gasteiger partial charge in [-0.3, -0.25) is 4.79 Å². The molecule has 3 nitrogen and oxygen atoms in total. The SMILES string of the molecule is CCCC[C@H](CC)CNC(=O)COc1ccc(C(C)(C)C)cc1. The third-order valence-electron chi connectivity index (χ3n) is 4.22. The van der Waals surface area contributed by atoms with Crippen LogP contribution >= 0.6 is 0 Å². The van der Waals surface area contributed by atoms with E-state index in [1.807, 2.05) is 12.1 Å². The van der Waals surface area contributed by atoms with Crippen molar-refractivity contribution in [1.29, 1.82) is 0 Å². The molecule has 0 aliphatic heterocycles. The molecule has 130 valence electrons. The van der Waals surface area contributed by atoms with Crippen molar-refractivity contribution < 1.29 is 9.53 Å². The van der Waals surface area contributed by atoms with E-state index in [-0.39, 0.29) is 17.9 Å². The first-order valence-corrected chi connectivity index (χ1v) is 8.86. The van der Waals surface area contributed by atoms with Gasteiger partial charge in [0.05, 0.1) is 0 Å². The molecular weight excluding hydrogens is 286 g/mol. The van der Waals surface area contributed by atoms with Gasteiger partial charge in [0.1, 0.15) is 5.75 Å². The summed E-state index contributed by atoms with van der Waals surface area (Å²) in [6.45, 7) is 11.8. The van der Waals surface area contributed by atoms with Crippen molar-refractivity contribution in [2.45, 2.75) is 65.7 Å². The highest BCUT2D eigenvalue weighted by Crippen LogP contribution is 2.24. The van der Waals surface area contributed by atoms with E-state index >= 15 is 0 Å². The monoisotopic (exact) mass is 319 g/mol. The molecule has 0 saturated carbocycles. The molecule has 0 heterocycles. The van der Waals surface area contributed by atoms with Gasteiger partial charge >= 0.3 is 0 Å². The molecule has 0 radical (unpaired) electrons. The number of unbranched alkanes of at least 4 members (excludes halogenated alkanes) is 1. The van der Waals surface area contributed by atoms with Gasteiger partial charge in [0, 0.05) is 6.54 Å². The molecule has 0 aliphatic rings. The largest absolute Gasteiger partial charge is 0.484 e. The van der Waals surface area contributed by atoms with Gasteiger partial charge in [-0.2, -0.15) is 0 Å². The second-order valence-electron chi connectivity index (χ2n) is 7.28. The lowest BCUT2D eigenvalue weighted by molar-refractivity contribution is -0.123. The average Bonchev–Trinajstić information content (AvgIpc) is 2.52. The quantitative estimate of drug-likeness (QED) is 0.716. The molecule has 1 amide bonds. The molecule has 0 aliphatic carbocycles. The fourth-order valence-corrected chi connectivity index (χ4v) is 2.45. The van der Waals surface area contributed by atoms with Crippen molar-refractivity contribution in [3.05, 3.63) is 29.8 Å². The number of ether oxygens (including phenoxy) is 1. The zero-order chi connectivity index (χ0) is 17.3. The normalized spacial score (nSPS) is 12.7. The Labute approximate surface area is 141 Å². The van der Waals surface area contributed by atoms with Crippen LogP contribution in [0, 0.1) is 5.92 Å². The highest BCUT2D eigenvalue weighted by atomic mass is 16.5. The van der Waals surface area contributed by atoms with Crippen LogP contribution in [0.4, 0.5) is 0 Å². The summed E-state index contributed by atoms with van der Waals surface area (Å²) < 4.78 is 5.57. The van der Waals surface area contributed by atoms with Crippen molar-refractivity contribution >= 4 is 5.91 Å².